The third-order valence-corrected chi connectivity index (χ3v) is 1.55. The standard InChI is InChI=1S/C9H19N3O3/c1-4-15-9(14)11-7-8(13)10-5-6-12(2)3/h4-7H2,1-3H3,(H,10,13)(H,11,14). The first-order valence-electron chi connectivity index (χ1n) is 4.88. The molecule has 0 spiro atoms. The number of alkyl carbamates (subject to hydrolysis) is 1. The zero-order valence-electron chi connectivity index (χ0n) is 9.50. The Bertz CT molecular complexity index is 207. The fourth-order valence-corrected chi connectivity index (χ4v) is 0.816. The number of rotatable bonds is 6. The second kappa shape index (κ2) is 8.05. The third-order valence-electron chi connectivity index (χ3n) is 1.55. The van der Waals surface area contributed by atoms with Crippen molar-refractivity contribution in [3.63, 3.8) is 0 Å². The lowest BCUT2D eigenvalue weighted by Crippen LogP contribution is -2.39. The average molecular weight is 217 g/mol. The average Bonchev–Trinajstić information content (AvgIpc) is 2.14. The van der Waals surface area contributed by atoms with E-state index in [1.807, 2.05) is 19.0 Å². The summed E-state index contributed by atoms with van der Waals surface area (Å²) in [7, 11) is 3.84. The molecule has 15 heavy (non-hydrogen) atoms. The molecule has 0 saturated heterocycles. The summed E-state index contributed by atoms with van der Waals surface area (Å²) in [4.78, 5) is 23.9. The Kier molecular flexibility index (Phi) is 7.35. The Hall–Kier alpha value is -1.30. The number of carbonyl (C=O) groups is 2. The molecule has 2 amide bonds. The van der Waals surface area contributed by atoms with Gasteiger partial charge in [0.15, 0.2) is 0 Å². The van der Waals surface area contributed by atoms with Crippen LogP contribution in [0.2, 0.25) is 0 Å². The summed E-state index contributed by atoms with van der Waals surface area (Å²) in [5.74, 6) is -0.218. The van der Waals surface area contributed by atoms with Crippen molar-refractivity contribution < 1.29 is 14.3 Å². The Labute approximate surface area is 90.0 Å². The number of hydrogen-bond acceptors (Lipinski definition) is 4. The highest BCUT2D eigenvalue weighted by Gasteiger charge is 2.04. The first kappa shape index (κ1) is 13.7. The summed E-state index contributed by atoms with van der Waals surface area (Å²) in [5.41, 5.74) is 0. The van der Waals surface area contributed by atoms with Gasteiger partial charge in [-0.3, -0.25) is 4.79 Å². The highest BCUT2D eigenvalue weighted by atomic mass is 16.5. The van der Waals surface area contributed by atoms with Gasteiger partial charge in [0.05, 0.1) is 13.2 Å². The van der Waals surface area contributed by atoms with Crippen LogP contribution in [0, 0.1) is 0 Å². The molecule has 0 aromatic rings. The zero-order valence-corrected chi connectivity index (χ0v) is 9.50. The van der Waals surface area contributed by atoms with Crippen molar-refractivity contribution in [1.29, 1.82) is 0 Å². The van der Waals surface area contributed by atoms with Crippen molar-refractivity contribution in [3.05, 3.63) is 0 Å². The minimum atomic E-state index is -0.569. The predicted octanol–water partition coefficient (Wildman–Crippen LogP) is -0.590. The van der Waals surface area contributed by atoms with Gasteiger partial charge in [-0.05, 0) is 21.0 Å². The van der Waals surface area contributed by atoms with Crippen LogP contribution in [-0.2, 0) is 9.53 Å². The molecule has 0 aromatic carbocycles. The molecule has 2 N–H and O–H groups in total. The predicted molar refractivity (Wildman–Crippen MR) is 56.6 cm³/mol. The Balaban J connectivity index is 3.45. The zero-order chi connectivity index (χ0) is 11.7. The summed E-state index contributed by atoms with van der Waals surface area (Å²) >= 11 is 0. The lowest BCUT2D eigenvalue weighted by atomic mass is 10.5. The Morgan fingerprint density at radius 3 is 2.47 bits per heavy atom. The van der Waals surface area contributed by atoms with Crippen LogP contribution in [-0.4, -0.2) is 57.2 Å². The molecule has 0 heterocycles. The van der Waals surface area contributed by atoms with Gasteiger partial charge in [-0.2, -0.15) is 0 Å². The van der Waals surface area contributed by atoms with Crippen molar-refractivity contribution in [1.82, 2.24) is 15.5 Å². The SMILES string of the molecule is CCOC(=O)NCC(=O)NCCN(C)C. The molecule has 88 valence electrons. The van der Waals surface area contributed by atoms with E-state index >= 15 is 0 Å². The summed E-state index contributed by atoms with van der Waals surface area (Å²) in [6.45, 7) is 3.29. The molecule has 0 aliphatic carbocycles. The lowest BCUT2D eigenvalue weighted by molar-refractivity contribution is -0.120. The molecule has 0 rings (SSSR count). The maximum Gasteiger partial charge on any atom is 0.407 e. The van der Waals surface area contributed by atoms with Gasteiger partial charge in [-0.25, -0.2) is 4.79 Å². The highest BCUT2D eigenvalue weighted by molar-refractivity contribution is 5.82. The number of carbonyl (C=O) groups excluding carboxylic acids is 2. The summed E-state index contributed by atoms with van der Waals surface area (Å²) in [6.07, 6.45) is -0.569. The monoisotopic (exact) mass is 217 g/mol. The first-order chi connectivity index (χ1) is 7.06. The van der Waals surface area contributed by atoms with Gasteiger partial charge >= 0.3 is 6.09 Å². The van der Waals surface area contributed by atoms with Crippen LogP contribution in [0.5, 0.6) is 0 Å². The van der Waals surface area contributed by atoms with Crippen LogP contribution in [0.1, 0.15) is 6.92 Å². The van der Waals surface area contributed by atoms with E-state index in [2.05, 4.69) is 15.4 Å². The number of nitrogens with one attached hydrogen (secondary N) is 2. The van der Waals surface area contributed by atoms with Crippen LogP contribution in [0.3, 0.4) is 0 Å². The van der Waals surface area contributed by atoms with E-state index in [0.29, 0.717) is 13.2 Å². The Morgan fingerprint density at radius 2 is 1.93 bits per heavy atom. The fourth-order valence-electron chi connectivity index (χ4n) is 0.816. The molecule has 0 fully saturated rings. The van der Waals surface area contributed by atoms with Gasteiger partial charge in [0.1, 0.15) is 0 Å². The largest absolute Gasteiger partial charge is 0.450 e. The van der Waals surface area contributed by atoms with Gasteiger partial charge in [0, 0.05) is 13.1 Å². The van der Waals surface area contributed by atoms with Gasteiger partial charge < -0.3 is 20.3 Å². The van der Waals surface area contributed by atoms with Crippen molar-refractivity contribution in [2.75, 3.05) is 40.3 Å². The first-order valence-corrected chi connectivity index (χ1v) is 4.88. The summed E-state index contributed by atoms with van der Waals surface area (Å²) in [6, 6.07) is 0. The van der Waals surface area contributed by atoms with Crippen LogP contribution in [0.25, 0.3) is 0 Å². The number of nitrogens with zero attached hydrogens (tertiary/aromatic N) is 1. The quantitative estimate of drug-likeness (QED) is 0.624. The normalized spacial score (nSPS) is 9.87. The molecule has 0 bridgehead atoms. The molecule has 0 aromatic heterocycles. The van der Waals surface area contributed by atoms with Crippen molar-refractivity contribution >= 4 is 12.0 Å². The summed E-state index contributed by atoms with van der Waals surface area (Å²) < 4.78 is 4.60. The van der Waals surface area contributed by atoms with Gasteiger partial charge in [-0.15, -0.1) is 0 Å². The molecule has 6 nitrogen and oxygen atoms in total. The van der Waals surface area contributed by atoms with E-state index in [4.69, 9.17) is 0 Å². The van der Waals surface area contributed by atoms with E-state index in [1.165, 1.54) is 0 Å². The number of ether oxygens (including phenoxy) is 1. The lowest BCUT2D eigenvalue weighted by Gasteiger charge is -2.10. The summed E-state index contributed by atoms with van der Waals surface area (Å²) in [5, 5.41) is 5.00. The van der Waals surface area contributed by atoms with E-state index in [0.717, 1.165) is 6.54 Å². The molecule has 0 atom stereocenters. The molecule has 0 aliphatic rings. The van der Waals surface area contributed by atoms with E-state index in [1.54, 1.807) is 6.92 Å². The molecule has 6 heteroatoms. The van der Waals surface area contributed by atoms with Gasteiger partial charge in [0.2, 0.25) is 5.91 Å². The minimum Gasteiger partial charge on any atom is -0.450 e. The van der Waals surface area contributed by atoms with Gasteiger partial charge in [-0.1, -0.05) is 0 Å². The Morgan fingerprint density at radius 1 is 1.27 bits per heavy atom. The van der Waals surface area contributed by atoms with Crippen molar-refractivity contribution in [3.8, 4) is 0 Å². The molecule has 0 saturated carbocycles. The van der Waals surface area contributed by atoms with Crippen molar-refractivity contribution in [2.45, 2.75) is 6.92 Å². The fraction of sp³-hybridized carbons (Fsp3) is 0.778. The maximum atomic E-state index is 11.1. The van der Waals surface area contributed by atoms with E-state index in [9.17, 15) is 9.59 Å². The highest BCUT2D eigenvalue weighted by Crippen LogP contribution is 1.76. The van der Waals surface area contributed by atoms with Crippen molar-refractivity contribution in [2.24, 2.45) is 0 Å². The molecular weight excluding hydrogens is 198 g/mol. The maximum absolute atomic E-state index is 11.1. The molecule has 0 unspecified atom stereocenters. The molecule has 0 aliphatic heterocycles. The topological polar surface area (TPSA) is 70.7 Å². The smallest absolute Gasteiger partial charge is 0.407 e. The van der Waals surface area contributed by atoms with E-state index < -0.39 is 6.09 Å². The number of hydrogen-bond donors (Lipinski definition) is 2. The molecular formula is C9H19N3O3. The van der Waals surface area contributed by atoms with Gasteiger partial charge in [0.25, 0.3) is 0 Å². The minimum absolute atomic E-state index is 0.0493. The number of likely N-dealkylation sites (N-methyl/N-ethyl adjacent to an activating group) is 1. The van der Waals surface area contributed by atoms with Crippen LogP contribution in [0.15, 0.2) is 0 Å². The van der Waals surface area contributed by atoms with Crippen LogP contribution >= 0.6 is 0 Å². The second-order valence-corrected chi connectivity index (χ2v) is 3.23. The van der Waals surface area contributed by atoms with E-state index in [-0.39, 0.29) is 12.5 Å². The number of amides is 2. The van der Waals surface area contributed by atoms with Crippen LogP contribution < -0.4 is 10.6 Å². The van der Waals surface area contributed by atoms with Crippen LogP contribution in [0.4, 0.5) is 4.79 Å². The second-order valence-electron chi connectivity index (χ2n) is 3.23. The third kappa shape index (κ3) is 9.01. The molecule has 0 radical (unpaired) electrons.